The summed E-state index contributed by atoms with van der Waals surface area (Å²) in [5, 5.41) is 43.8. The van der Waals surface area contributed by atoms with Gasteiger partial charge in [0.1, 0.15) is 0 Å². The van der Waals surface area contributed by atoms with Crippen LogP contribution in [0.4, 0.5) is 0 Å². The highest BCUT2D eigenvalue weighted by Crippen LogP contribution is 2.25. The normalized spacial score (nSPS) is 12.1. The number of aliphatic hydroxyl groups excluding tert-OH is 4. The first-order valence-corrected chi connectivity index (χ1v) is 14.5. The quantitative estimate of drug-likeness (QED) is 0.0598. The second kappa shape index (κ2) is 30.3. The van der Waals surface area contributed by atoms with Gasteiger partial charge in [0.05, 0.1) is 25.9 Å². The van der Waals surface area contributed by atoms with Crippen molar-refractivity contribution in [2.45, 2.75) is 96.5 Å². The van der Waals surface area contributed by atoms with E-state index in [1.807, 2.05) is 0 Å². The molecule has 0 saturated carbocycles. The van der Waals surface area contributed by atoms with Crippen molar-refractivity contribution >= 4 is 13.8 Å². The summed E-state index contributed by atoms with van der Waals surface area (Å²) in [4.78, 5) is 33.7. The lowest BCUT2D eigenvalue weighted by Gasteiger charge is -2.17. The molecule has 0 rings (SSSR count). The summed E-state index contributed by atoms with van der Waals surface area (Å²) < 4.78 is 8.88. The molecule has 0 aliphatic carbocycles. The fourth-order valence-corrected chi connectivity index (χ4v) is 3.12. The summed E-state index contributed by atoms with van der Waals surface area (Å²) in [6.07, 6.45) is 17.4. The number of carbonyl (C=O) groups is 1. The molecule has 218 valence electrons. The van der Waals surface area contributed by atoms with Crippen LogP contribution >= 0.6 is 7.82 Å². The van der Waals surface area contributed by atoms with E-state index in [9.17, 15) is 9.90 Å². The lowest BCUT2D eigenvalue weighted by Crippen LogP contribution is -2.32. The highest BCUT2D eigenvalue weighted by molar-refractivity contribution is 7.45. The zero-order valence-corrected chi connectivity index (χ0v) is 22.9. The van der Waals surface area contributed by atoms with Crippen molar-refractivity contribution in [2.24, 2.45) is 0 Å². The molecule has 0 aromatic carbocycles. The number of carboxylic acid groups (broad SMARTS) is 1. The van der Waals surface area contributed by atoms with Crippen molar-refractivity contribution < 1.29 is 49.6 Å². The minimum Gasteiger partial charge on any atom is -0.481 e. The monoisotopic (exact) mass is 545 g/mol. The van der Waals surface area contributed by atoms with Crippen LogP contribution in [0.5, 0.6) is 0 Å². The van der Waals surface area contributed by atoms with Crippen LogP contribution in [0, 0.1) is 0 Å². The predicted molar refractivity (Wildman–Crippen MR) is 140 cm³/mol. The molecule has 0 bridgehead atoms. The van der Waals surface area contributed by atoms with Gasteiger partial charge in [-0.2, -0.15) is 0 Å². The highest BCUT2D eigenvalue weighted by atomic mass is 31.2. The summed E-state index contributed by atoms with van der Waals surface area (Å²) in [6, 6.07) is 0. The second-order valence-electron chi connectivity index (χ2n) is 8.44. The largest absolute Gasteiger partial charge is 0.481 e. The number of hydrogen-bond acceptors (Lipinski definition) is 7. The van der Waals surface area contributed by atoms with Crippen molar-refractivity contribution in [1.82, 2.24) is 4.90 Å². The van der Waals surface area contributed by atoms with Crippen LogP contribution < -0.4 is 0 Å². The van der Waals surface area contributed by atoms with E-state index >= 15 is 0 Å². The van der Waals surface area contributed by atoms with Crippen LogP contribution in [0.15, 0.2) is 12.2 Å². The number of carboxylic acids is 1. The Labute approximate surface area is 216 Å². The van der Waals surface area contributed by atoms with Crippen LogP contribution in [0.1, 0.15) is 90.4 Å². The van der Waals surface area contributed by atoms with Crippen molar-refractivity contribution in [1.29, 1.82) is 0 Å². The molecule has 0 aliphatic rings. The van der Waals surface area contributed by atoms with E-state index in [1.165, 1.54) is 25.7 Å². The number of nitrogens with zero attached hydrogens (tertiary/aromatic N) is 1. The fourth-order valence-electron chi connectivity index (χ4n) is 3.12. The fraction of sp³-hybridized carbons (Fsp3) is 0.875. The number of rotatable bonds is 21. The van der Waals surface area contributed by atoms with Gasteiger partial charge in [-0.05, 0) is 32.1 Å². The van der Waals surface area contributed by atoms with E-state index < -0.39 is 13.8 Å². The zero-order chi connectivity index (χ0) is 28.1. The predicted octanol–water partition coefficient (Wildman–Crippen LogP) is 2.42. The standard InChI is InChI=1S/C18H34O3.C6H15NO3.H3O4P/c1-2-3-4-11-14-17(19)15-12-9-7-5-6-8-10-13-16-18(20)21;8-4-1-7(2-5-9)3-6-10;1-5(2,3)4/h9,12,17,19H,2-8,10-11,13-16H2,1H3,(H,20,21);8-10H,1-6H2;(H3,1,2,3,4)/b12-9-;;. The number of phosphoric acid groups is 1. The number of hydrogen-bond donors (Lipinski definition) is 8. The molecule has 0 heterocycles. The minimum absolute atomic E-state index is 0.0694. The molecule has 1 unspecified atom stereocenters. The Bertz CT molecular complexity index is 508. The molecule has 0 radical (unpaired) electrons. The molecule has 0 fully saturated rings. The molecule has 0 aliphatic heterocycles. The number of aliphatic carboxylic acids is 1. The van der Waals surface area contributed by atoms with Crippen molar-refractivity contribution in [3.05, 3.63) is 12.2 Å². The Morgan fingerprint density at radius 3 is 1.75 bits per heavy atom. The van der Waals surface area contributed by atoms with E-state index in [4.69, 9.17) is 39.7 Å². The maximum Gasteiger partial charge on any atom is 0.466 e. The summed E-state index contributed by atoms with van der Waals surface area (Å²) in [7, 11) is -4.64. The molecule has 0 aromatic heterocycles. The third-order valence-electron chi connectivity index (χ3n) is 4.98. The lowest BCUT2D eigenvalue weighted by molar-refractivity contribution is -0.137. The van der Waals surface area contributed by atoms with E-state index in [0.29, 0.717) is 26.1 Å². The van der Waals surface area contributed by atoms with E-state index in [1.54, 1.807) is 4.90 Å². The topological polar surface area (TPSA) is 199 Å². The van der Waals surface area contributed by atoms with Gasteiger partial charge in [-0.15, -0.1) is 0 Å². The molecular weight excluding hydrogens is 493 g/mol. The Morgan fingerprint density at radius 2 is 1.28 bits per heavy atom. The van der Waals surface area contributed by atoms with Crippen LogP contribution in [0.25, 0.3) is 0 Å². The zero-order valence-electron chi connectivity index (χ0n) is 22.0. The van der Waals surface area contributed by atoms with Crippen molar-refractivity contribution in [3.63, 3.8) is 0 Å². The first-order chi connectivity index (χ1) is 17.0. The number of unbranched alkanes of at least 4 members (excludes halogenated alkanes) is 8. The Balaban J connectivity index is -0.000000597. The maximum absolute atomic E-state index is 10.3. The second-order valence-corrected chi connectivity index (χ2v) is 9.46. The summed E-state index contributed by atoms with van der Waals surface area (Å²) in [5.74, 6) is -0.689. The van der Waals surface area contributed by atoms with Gasteiger partial charge in [0, 0.05) is 26.1 Å². The Kier molecular flexibility index (Phi) is 33.4. The van der Waals surface area contributed by atoms with Gasteiger partial charge < -0.3 is 40.2 Å². The van der Waals surface area contributed by atoms with Crippen LogP contribution in [-0.2, 0) is 9.36 Å². The highest BCUT2D eigenvalue weighted by Gasteiger charge is 2.02. The van der Waals surface area contributed by atoms with Crippen LogP contribution in [-0.4, -0.2) is 96.6 Å². The summed E-state index contributed by atoms with van der Waals surface area (Å²) in [5.41, 5.74) is 0. The molecule has 0 amide bonds. The van der Waals surface area contributed by atoms with Crippen LogP contribution in [0.2, 0.25) is 0 Å². The average Bonchev–Trinajstić information content (AvgIpc) is 2.78. The van der Waals surface area contributed by atoms with Gasteiger partial charge >= 0.3 is 13.8 Å². The van der Waals surface area contributed by atoms with E-state index in [2.05, 4.69) is 19.1 Å². The van der Waals surface area contributed by atoms with Gasteiger partial charge in [-0.3, -0.25) is 9.69 Å². The molecule has 8 N–H and O–H groups in total. The molecule has 0 aromatic rings. The van der Waals surface area contributed by atoms with Crippen molar-refractivity contribution in [3.8, 4) is 0 Å². The average molecular weight is 546 g/mol. The van der Waals surface area contributed by atoms with Gasteiger partial charge in [-0.1, -0.05) is 64.0 Å². The third-order valence-corrected chi connectivity index (χ3v) is 4.98. The SMILES string of the molecule is CCCCCCC(O)C/C=C\CCCCCCCC(=O)O.O=P(O)(O)O.OCCN(CCO)CCO. The number of allylic oxidation sites excluding steroid dienone is 1. The Morgan fingerprint density at radius 1 is 0.806 bits per heavy atom. The third kappa shape index (κ3) is 46.5. The summed E-state index contributed by atoms with van der Waals surface area (Å²) in [6.45, 7) is 3.95. The van der Waals surface area contributed by atoms with E-state index in [-0.39, 0.29) is 25.9 Å². The first-order valence-electron chi connectivity index (χ1n) is 12.9. The molecule has 1 atom stereocenters. The van der Waals surface area contributed by atoms with Crippen LogP contribution in [0.3, 0.4) is 0 Å². The molecule has 11 nitrogen and oxygen atoms in total. The molecule has 36 heavy (non-hydrogen) atoms. The minimum atomic E-state index is -4.64. The molecule has 0 saturated heterocycles. The lowest BCUT2D eigenvalue weighted by atomic mass is 10.1. The molecule has 0 spiro atoms. The molecule has 12 heteroatoms. The van der Waals surface area contributed by atoms with Crippen molar-refractivity contribution in [2.75, 3.05) is 39.5 Å². The first kappa shape index (κ1) is 39.6. The van der Waals surface area contributed by atoms with Gasteiger partial charge in [0.25, 0.3) is 0 Å². The molecular formula is C24H52NO10P. The smallest absolute Gasteiger partial charge is 0.466 e. The maximum atomic E-state index is 10.3. The summed E-state index contributed by atoms with van der Waals surface area (Å²) >= 11 is 0. The van der Waals surface area contributed by atoms with Gasteiger partial charge in [-0.25, -0.2) is 4.57 Å². The van der Waals surface area contributed by atoms with Gasteiger partial charge in [0.15, 0.2) is 0 Å². The Hall–Kier alpha value is -0.880. The van der Waals surface area contributed by atoms with Gasteiger partial charge in [0.2, 0.25) is 0 Å². The number of aliphatic hydroxyl groups is 4. The van der Waals surface area contributed by atoms with E-state index in [0.717, 1.165) is 51.4 Å².